The lowest BCUT2D eigenvalue weighted by Gasteiger charge is -2.23. The number of hydrogen-bond acceptors (Lipinski definition) is 5. The predicted octanol–water partition coefficient (Wildman–Crippen LogP) is 2.45. The Labute approximate surface area is 122 Å². The molecule has 6 heteroatoms. The van der Waals surface area contributed by atoms with Crippen LogP contribution < -0.4 is 5.32 Å². The molecular formula is C15H17N5O. The van der Waals surface area contributed by atoms with Crippen molar-refractivity contribution < 1.29 is 4.42 Å². The molecule has 1 unspecified atom stereocenters. The van der Waals surface area contributed by atoms with Crippen LogP contribution in [0.4, 0.5) is 5.82 Å². The number of furan rings is 1. The van der Waals surface area contributed by atoms with Crippen LogP contribution in [-0.2, 0) is 19.4 Å². The van der Waals surface area contributed by atoms with Crippen molar-refractivity contribution >= 4 is 11.6 Å². The predicted molar refractivity (Wildman–Crippen MR) is 78.0 cm³/mol. The summed E-state index contributed by atoms with van der Waals surface area (Å²) < 4.78 is 7.18. The number of anilines is 1. The molecule has 0 spiro atoms. The van der Waals surface area contributed by atoms with Crippen LogP contribution in [0.3, 0.4) is 0 Å². The normalized spacial score (nSPS) is 17.9. The van der Waals surface area contributed by atoms with Crippen molar-refractivity contribution in [2.45, 2.75) is 32.7 Å². The number of nitrogens with one attached hydrogen (secondary N) is 1. The van der Waals surface area contributed by atoms with Crippen LogP contribution in [0.25, 0.3) is 5.78 Å². The van der Waals surface area contributed by atoms with Crippen LogP contribution in [0.15, 0.2) is 29.1 Å². The highest BCUT2D eigenvalue weighted by Gasteiger charge is 2.22. The SMILES string of the molecule is CC1CCc2c(nc3ncnn3c2NCc2ccco2)C1. The van der Waals surface area contributed by atoms with E-state index in [-0.39, 0.29) is 0 Å². The Hall–Kier alpha value is -2.37. The zero-order chi connectivity index (χ0) is 14.2. The Morgan fingerprint density at radius 2 is 2.43 bits per heavy atom. The molecule has 0 radical (unpaired) electrons. The fourth-order valence-electron chi connectivity index (χ4n) is 2.94. The molecule has 108 valence electrons. The second kappa shape index (κ2) is 4.87. The van der Waals surface area contributed by atoms with E-state index in [1.54, 1.807) is 17.1 Å². The van der Waals surface area contributed by atoms with E-state index in [4.69, 9.17) is 4.42 Å². The zero-order valence-corrected chi connectivity index (χ0v) is 11.9. The van der Waals surface area contributed by atoms with Crippen LogP contribution in [0, 0.1) is 5.92 Å². The van der Waals surface area contributed by atoms with E-state index in [0.29, 0.717) is 18.2 Å². The maximum absolute atomic E-state index is 5.39. The molecule has 3 aromatic rings. The summed E-state index contributed by atoms with van der Waals surface area (Å²) in [5.41, 5.74) is 2.41. The molecule has 0 aromatic carbocycles. The van der Waals surface area contributed by atoms with E-state index in [9.17, 15) is 0 Å². The summed E-state index contributed by atoms with van der Waals surface area (Å²) in [5, 5.41) is 7.74. The van der Waals surface area contributed by atoms with Crippen molar-refractivity contribution in [3.8, 4) is 0 Å². The van der Waals surface area contributed by atoms with Gasteiger partial charge in [0.2, 0.25) is 0 Å². The van der Waals surface area contributed by atoms with Gasteiger partial charge in [-0.15, -0.1) is 0 Å². The van der Waals surface area contributed by atoms with Gasteiger partial charge in [-0.25, -0.2) is 4.98 Å². The minimum atomic E-state index is 0.633. The summed E-state index contributed by atoms with van der Waals surface area (Å²) in [6, 6.07) is 3.85. The fourth-order valence-corrected chi connectivity index (χ4v) is 2.94. The molecule has 1 atom stereocenters. The van der Waals surface area contributed by atoms with Gasteiger partial charge < -0.3 is 9.73 Å². The first-order valence-electron chi connectivity index (χ1n) is 7.29. The smallest absolute Gasteiger partial charge is 0.254 e. The summed E-state index contributed by atoms with van der Waals surface area (Å²) in [7, 11) is 0. The molecule has 3 aromatic heterocycles. The standard InChI is InChI=1S/C15H17N5O/c1-10-4-5-12-13(7-10)19-15-17-9-18-20(15)14(12)16-8-11-3-2-6-21-11/h2-3,6,9-10,16H,4-5,7-8H2,1H3. The first kappa shape index (κ1) is 12.4. The van der Waals surface area contributed by atoms with Crippen LogP contribution in [0.1, 0.15) is 30.4 Å². The van der Waals surface area contributed by atoms with E-state index < -0.39 is 0 Å². The van der Waals surface area contributed by atoms with Gasteiger partial charge in [-0.2, -0.15) is 14.6 Å². The lowest BCUT2D eigenvalue weighted by molar-refractivity contribution is 0.490. The minimum absolute atomic E-state index is 0.633. The van der Waals surface area contributed by atoms with Crippen molar-refractivity contribution in [1.82, 2.24) is 19.6 Å². The van der Waals surface area contributed by atoms with Crippen molar-refractivity contribution in [2.24, 2.45) is 5.92 Å². The van der Waals surface area contributed by atoms with Gasteiger partial charge >= 0.3 is 0 Å². The second-order valence-corrected chi connectivity index (χ2v) is 5.64. The number of fused-ring (bicyclic) bond motifs is 2. The van der Waals surface area contributed by atoms with Crippen molar-refractivity contribution in [3.63, 3.8) is 0 Å². The molecule has 1 aliphatic rings. The molecule has 1 aliphatic carbocycles. The molecule has 4 rings (SSSR count). The van der Waals surface area contributed by atoms with Gasteiger partial charge in [0, 0.05) is 5.56 Å². The first-order chi connectivity index (χ1) is 10.3. The third-order valence-electron chi connectivity index (χ3n) is 4.05. The van der Waals surface area contributed by atoms with Gasteiger partial charge in [-0.3, -0.25) is 0 Å². The molecule has 6 nitrogen and oxygen atoms in total. The minimum Gasteiger partial charge on any atom is -0.467 e. The van der Waals surface area contributed by atoms with Crippen LogP contribution in [-0.4, -0.2) is 19.6 Å². The second-order valence-electron chi connectivity index (χ2n) is 5.64. The highest BCUT2D eigenvalue weighted by atomic mass is 16.3. The Morgan fingerprint density at radius 3 is 3.29 bits per heavy atom. The Balaban J connectivity index is 1.76. The van der Waals surface area contributed by atoms with Crippen molar-refractivity contribution in [1.29, 1.82) is 0 Å². The van der Waals surface area contributed by atoms with Gasteiger partial charge in [-0.05, 0) is 37.3 Å². The highest BCUT2D eigenvalue weighted by molar-refractivity contribution is 5.53. The third kappa shape index (κ3) is 2.16. The third-order valence-corrected chi connectivity index (χ3v) is 4.05. The number of aromatic nitrogens is 4. The number of rotatable bonds is 3. The topological polar surface area (TPSA) is 68.2 Å². The molecular weight excluding hydrogens is 266 g/mol. The molecule has 0 bridgehead atoms. The molecule has 3 heterocycles. The lowest BCUT2D eigenvalue weighted by atomic mass is 9.88. The van der Waals surface area contributed by atoms with E-state index in [1.807, 2.05) is 12.1 Å². The average molecular weight is 283 g/mol. The van der Waals surface area contributed by atoms with Crippen molar-refractivity contribution in [3.05, 3.63) is 41.7 Å². The highest BCUT2D eigenvalue weighted by Crippen LogP contribution is 2.30. The lowest BCUT2D eigenvalue weighted by Crippen LogP contribution is -2.19. The molecule has 1 N–H and O–H groups in total. The summed E-state index contributed by atoms with van der Waals surface area (Å²) in [6.07, 6.45) is 6.46. The summed E-state index contributed by atoms with van der Waals surface area (Å²) in [5.74, 6) is 3.23. The van der Waals surface area contributed by atoms with Gasteiger partial charge in [0.1, 0.15) is 17.9 Å². The quantitative estimate of drug-likeness (QED) is 0.799. The molecule has 0 aliphatic heterocycles. The monoisotopic (exact) mass is 283 g/mol. The molecule has 0 saturated carbocycles. The van der Waals surface area contributed by atoms with Crippen molar-refractivity contribution in [2.75, 3.05) is 5.32 Å². The fraction of sp³-hybridized carbons (Fsp3) is 0.400. The molecule has 0 fully saturated rings. The zero-order valence-electron chi connectivity index (χ0n) is 11.9. The molecule has 0 amide bonds. The van der Waals surface area contributed by atoms with E-state index in [1.165, 1.54) is 12.0 Å². The summed E-state index contributed by atoms with van der Waals surface area (Å²) in [4.78, 5) is 8.89. The average Bonchev–Trinajstić information content (AvgIpc) is 3.14. The molecule has 21 heavy (non-hydrogen) atoms. The largest absolute Gasteiger partial charge is 0.467 e. The van der Waals surface area contributed by atoms with Crippen LogP contribution in [0.2, 0.25) is 0 Å². The van der Waals surface area contributed by atoms with Gasteiger partial charge in [-0.1, -0.05) is 6.92 Å². The van der Waals surface area contributed by atoms with Gasteiger partial charge in [0.25, 0.3) is 5.78 Å². The Morgan fingerprint density at radius 1 is 1.48 bits per heavy atom. The van der Waals surface area contributed by atoms with Gasteiger partial charge in [0.15, 0.2) is 0 Å². The van der Waals surface area contributed by atoms with Gasteiger partial charge in [0.05, 0.1) is 18.5 Å². The van der Waals surface area contributed by atoms with E-state index in [2.05, 4.69) is 27.3 Å². The number of nitrogens with zero attached hydrogens (tertiary/aromatic N) is 4. The Kier molecular flexibility index (Phi) is 2.87. The molecule has 0 saturated heterocycles. The van der Waals surface area contributed by atoms with E-state index >= 15 is 0 Å². The van der Waals surface area contributed by atoms with E-state index in [0.717, 1.165) is 30.1 Å². The maximum atomic E-state index is 5.39. The summed E-state index contributed by atoms with van der Waals surface area (Å²) >= 11 is 0. The first-order valence-corrected chi connectivity index (χ1v) is 7.29. The maximum Gasteiger partial charge on any atom is 0.254 e. The Bertz CT molecular complexity index is 762. The number of hydrogen-bond donors (Lipinski definition) is 1. The van der Waals surface area contributed by atoms with Crippen LogP contribution >= 0.6 is 0 Å². The van der Waals surface area contributed by atoms with Crippen LogP contribution in [0.5, 0.6) is 0 Å². The summed E-state index contributed by atoms with van der Waals surface area (Å²) in [6.45, 7) is 2.91.